The van der Waals surface area contributed by atoms with Crippen LogP contribution in [0.3, 0.4) is 0 Å². The van der Waals surface area contributed by atoms with Gasteiger partial charge in [0.15, 0.2) is 0 Å². The van der Waals surface area contributed by atoms with Crippen LogP contribution in [0.15, 0.2) is 18.2 Å². The summed E-state index contributed by atoms with van der Waals surface area (Å²) in [5.41, 5.74) is 1.97. The summed E-state index contributed by atoms with van der Waals surface area (Å²) >= 11 is 3.07. The first-order valence-corrected chi connectivity index (χ1v) is 7.53. The van der Waals surface area contributed by atoms with Crippen molar-refractivity contribution in [3.05, 3.63) is 44.2 Å². The predicted molar refractivity (Wildman–Crippen MR) is 85.7 cm³/mol. The Kier molecular flexibility index (Phi) is 4.39. The molecule has 0 atom stereocenters. The van der Waals surface area contributed by atoms with Crippen LogP contribution in [0, 0.1) is 17.4 Å². The van der Waals surface area contributed by atoms with Gasteiger partial charge in [-0.05, 0) is 59.6 Å². The molecule has 5 nitrogen and oxygen atoms in total. The van der Waals surface area contributed by atoms with Gasteiger partial charge >= 0.3 is 5.97 Å². The van der Waals surface area contributed by atoms with Crippen LogP contribution >= 0.6 is 34.1 Å². The largest absolute Gasteiger partial charge is 0.478 e. The molecule has 0 radical (unpaired) electrons. The highest BCUT2D eigenvalue weighted by Crippen LogP contribution is 2.26. The number of hydrogen-bond donors (Lipinski definition) is 2. The van der Waals surface area contributed by atoms with Gasteiger partial charge in [-0.25, -0.2) is 4.79 Å². The number of aromatic carboxylic acids is 1. The van der Waals surface area contributed by atoms with E-state index in [1.807, 2.05) is 13.0 Å². The number of benzene rings is 1. The summed E-state index contributed by atoms with van der Waals surface area (Å²) in [5, 5.41) is 12.0. The van der Waals surface area contributed by atoms with Gasteiger partial charge in [0.1, 0.15) is 10.6 Å². The SMILES string of the molecule is Cc1cccc(C(=O)Nc2snc(C)c2C(=O)O)c1I. The number of amides is 1. The second-order valence-electron chi connectivity index (χ2n) is 4.17. The first-order chi connectivity index (χ1) is 9.41. The van der Waals surface area contributed by atoms with Gasteiger partial charge in [-0.3, -0.25) is 4.79 Å². The number of nitrogens with zero attached hydrogens (tertiary/aromatic N) is 1. The molecule has 0 unspecified atom stereocenters. The summed E-state index contributed by atoms with van der Waals surface area (Å²) in [7, 11) is 0. The summed E-state index contributed by atoms with van der Waals surface area (Å²) in [6.45, 7) is 3.52. The van der Waals surface area contributed by atoms with Gasteiger partial charge in [-0.15, -0.1) is 0 Å². The Bertz CT molecular complexity index is 697. The van der Waals surface area contributed by atoms with Crippen molar-refractivity contribution in [1.29, 1.82) is 0 Å². The molecule has 2 N–H and O–H groups in total. The summed E-state index contributed by atoms with van der Waals surface area (Å²) in [4.78, 5) is 23.4. The van der Waals surface area contributed by atoms with Gasteiger partial charge in [-0.2, -0.15) is 4.37 Å². The van der Waals surface area contributed by atoms with Gasteiger partial charge in [0.25, 0.3) is 5.91 Å². The van der Waals surface area contributed by atoms with Gasteiger partial charge < -0.3 is 10.4 Å². The van der Waals surface area contributed by atoms with E-state index < -0.39 is 5.97 Å². The second kappa shape index (κ2) is 5.88. The Morgan fingerprint density at radius 3 is 2.70 bits per heavy atom. The predicted octanol–water partition coefficient (Wildman–Crippen LogP) is 3.32. The molecule has 2 rings (SSSR count). The fourth-order valence-corrected chi connectivity index (χ4v) is 3.09. The zero-order valence-corrected chi connectivity index (χ0v) is 13.7. The average molecular weight is 402 g/mol. The number of carboxylic acids is 1. The standard InChI is InChI=1S/C13H11IN2O3S/c1-6-4-3-5-8(10(6)14)11(17)15-12-9(13(18)19)7(2)16-20-12/h3-5H,1-2H3,(H,15,17)(H,18,19). The van der Waals surface area contributed by atoms with E-state index in [0.717, 1.165) is 20.7 Å². The maximum absolute atomic E-state index is 12.2. The van der Waals surface area contributed by atoms with E-state index in [4.69, 9.17) is 5.11 Å². The number of aromatic nitrogens is 1. The van der Waals surface area contributed by atoms with Crippen LogP contribution in [-0.4, -0.2) is 21.4 Å². The van der Waals surface area contributed by atoms with E-state index in [-0.39, 0.29) is 16.5 Å². The fraction of sp³-hybridized carbons (Fsp3) is 0.154. The molecule has 7 heteroatoms. The molecule has 2 aromatic rings. The molecule has 0 aliphatic carbocycles. The highest BCUT2D eigenvalue weighted by Gasteiger charge is 2.20. The van der Waals surface area contributed by atoms with Crippen molar-refractivity contribution in [3.63, 3.8) is 0 Å². The maximum atomic E-state index is 12.2. The number of anilines is 1. The van der Waals surface area contributed by atoms with E-state index in [0.29, 0.717) is 11.3 Å². The highest BCUT2D eigenvalue weighted by molar-refractivity contribution is 14.1. The lowest BCUT2D eigenvalue weighted by Crippen LogP contribution is -2.15. The number of nitrogens with one attached hydrogen (secondary N) is 1. The number of rotatable bonds is 3. The lowest BCUT2D eigenvalue weighted by atomic mass is 10.1. The second-order valence-corrected chi connectivity index (χ2v) is 6.02. The molecule has 1 aromatic carbocycles. The van der Waals surface area contributed by atoms with Crippen LogP contribution < -0.4 is 5.32 Å². The monoisotopic (exact) mass is 402 g/mol. The first-order valence-electron chi connectivity index (χ1n) is 5.68. The zero-order chi connectivity index (χ0) is 14.9. The molecule has 0 aliphatic heterocycles. The Hall–Kier alpha value is -1.48. The fourth-order valence-electron chi connectivity index (χ4n) is 1.70. The zero-order valence-electron chi connectivity index (χ0n) is 10.7. The third-order valence-corrected chi connectivity index (χ3v) is 5.03. The Morgan fingerprint density at radius 1 is 1.35 bits per heavy atom. The molecule has 20 heavy (non-hydrogen) atoms. The van der Waals surface area contributed by atoms with E-state index in [9.17, 15) is 9.59 Å². The van der Waals surface area contributed by atoms with Crippen LogP contribution in [0.5, 0.6) is 0 Å². The highest BCUT2D eigenvalue weighted by atomic mass is 127. The molecule has 1 amide bonds. The third-order valence-electron chi connectivity index (χ3n) is 2.74. The number of carbonyl (C=O) groups excluding carboxylic acids is 1. The van der Waals surface area contributed by atoms with E-state index in [1.165, 1.54) is 0 Å². The van der Waals surface area contributed by atoms with E-state index in [1.54, 1.807) is 19.1 Å². The Morgan fingerprint density at radius 2 is 2.05 bits per heavy atom. The normalized spacial score (nSPS) is 10.3. The minimum absolute atomic E-state index is 0.0472. The van der Waals surface area contributed by atoms with Gasteiger partial charge in [0.2, 0.25) is 0 Å². The number of hydrogen-bond acceptors (Lipinski definition) is 4. The summed E-state index contributed by atoms with van der Waals surface area (Å²) in [6.07, 6.45) is 0. The van der Waals surface area contributed by atoms with Gasteiger partial charge in [0, 0.05) is 3.57 Å². The van der Waals surface area contributed by atoms with E-state index in [2.05, 4.69) is 32.3 Å². The third kappa shape index (κ3) is 2.83. The Balaban J connectivity index is 2.33. The van der Waals surface area contributed by atoms with Crippen LogP contribution in [0.4, 0.5) is 5.00 Å². The lowest BCUT2D eigenvalue weighted by molar-refractivity contribution is 0.0697. The van der Waals surface area contributed by atoms with E-state index >= 15 is 0 Å². The van der Waals surface area contributed by atoms with Gasteiger partial charge in [-0.1, -0.05) is 12.1 Å². The molecule has 0 spiro atoms. The minimum Gasteiger partial charge on any atom is -0.478 e. The molecular formula is C13H11IN2O3S. The number of aryl methyl sites for hydroxylation is 2. The number of carbonyl (C=O) groups is 2. The van der Waals surface area contributed by atoms with Crippen molar-refractivity contribution in [2.75, 3.05) is 5.32 Å². The quantitative estimate of drug-likeness (QED) is 0.773. The van der Waals surface area contributed by atoms with Crippen molar-refractivity contribution in [3.8, 4) is 0 Å². The van der Waals surface area contributed by atoms with Crippen LogP contribution in [0.1, 0.15) is 32.0 Å². The molecule has 0 saturated heterocycles. The van der Waals surface area contributed by atoms with Crippen molar-refractivity contribution >= 4 is 51.0 Å². The van der Waals surface area contributed by atoms with Crippen molar-refractivity contribution in [2.45, 2.75) is 13.8 Å². The van der Waals surface area contributed by atoms with Gasteiger partial charge in [0.05, 0.1) is 11.3 Å². The molecule has 0 fully saturated rings. The molecule has 1 aromatic heterocycles. The average Bonchev–Trinajstić information content (AvgIpc) is 2.73. The molecule has 0 aliphatic rings. The number of carboxylic acid groups (broad SMARTS) is 1. The molecule has 1 heterocycles. The van der Waals surface area contributed by atoms with Crippen LogP contribution in [0.2, 0.25) is 0 Å². The number of halogens is 1. The summed E-state index contributed by atoms with van der Waals surface area (Å²) in [6, 6.07) is 5.42. The maximum Gasteiger partial charge on any atom is 0.340 e. The smallest absolute Gasteiger partial charge is 0.340 e. The van der Waals surface area contributed by atoms with Crippen LogP contribution in [-0.2, 0) is 0 Å². The van der Waals surface area contributed by atoms with Crippen LogP contribution in [0.25, 0.3) is 0 Å². The van der Waals surface area contributed by atoms with Crippen molar-refractivity contribution < 1.29 is 14.7 Å². The van der Waals surface area contributed by atoms with Crippen molar-refractivity contribution in [2.24, 2.45) is 0 Å². The summed E-state index contributed by atoms with van der Waals surface area (Å²) in [5.74, 6) is -1.42. The molecule has 0 bridgehead atoms. The lowest BCUT2D eigenvalue weighted by Gasteiger charge is -2.07. The van der Waals surface area contributed by atoms with Crippen molar-refractivity contribution in [1.82, 2.24) is 4.37 Å². The Labute approximate surface area is 133 Å². The summed E-state index contributed by atoms with van der Waals surface area (Å²) < 4.78 is 4.82. The molecular weight excluding hydrogens is 391 g/mol. The topological polar surface area (TPSA) is 79.3 Å². The first kappa shape index (κ1) is 14.9. The molecule has 104 valence electrons. The molecule has 0 saturated carbocycles. The minimum atomic E-state index is -1.09.